The molecule has 0 saturated heterocycles. The molecule has 1 N–H and O–H groups in total. The predicted octanol–water partition coefficient (Wildman–Crippen LogP) is 5.94. The maximum atomic E-state index is 13.3. The van der Waals surface area contributed by atoms with E-state index in [1.54, 1.807) is 60.8 Å². The predicted molar refractivity (Wildman–Crippen MR) is 139 cm³/mol. The molecular weight excluding hydrogens is 471 g/mol. The highest BCUT2D eigenvalue weighted by molar-refractivity contribution is 6.39. The molecule has 37 heavy (non-hydrogen) atoms. The molecule has 3 aromatic rings. The number of aromatic nitrogens is 1. The number of anilines is 1. The SMILES string of the molecule is CC1COc2c(Oc3ccc(CC(=O)C4=CCC=C(c5ccc(F)cc5)C4=O)cc3)ccnc2NC1C. The molecule has 0 fully saturated rings. The largest absolute Gasteiger partial charge is 0.486 e. The second-order valence-electron chi connectivity index (χ2n) is 9.36. The van der Waals surface area contributed by atoms with E-state index in [0.717, 1.165) is 5.56 Å². The number of Topliss-reactive ketones (excluding diaryl/α,β-unsaturated/α-hetero) is 2. The first kappa shape index (κ1) is 24.4. The summed E-state index contributed by atoms with van der Waals surface area (Å²) in [6, 6.07) is 14.9. The fourth-order valence-corrected chi connectivity index (χ4v) is 4.30. The van der Waals surface area contributed by atoms with Crippen molar-refractivity contribution in [3.05, 3.63) is 95.5 Å². The molecule has 2 aliphatic rings. The third-order valence-corrected chi connectivity index (χ3v) is 6.68. The summed E-state index contributed by atoms with van der Waals surface area (Å²) in [5.74, 6) is 1.72. The minimum absolute atomic E-state index is 0.0853. The van der Waals surface area contributed by atoms with Crippen molar-refractivity contribution >= 4 is 23.0 Å². The van der Waals surface area contributed by atoms with Gasteiger partial charge < -0.3 is 14.8 Å². The average Bonchev–Trinajstić information content (AvgIpc) is 3.04. The number of carbonyl (C=O) groups is 2. The van der Waals surface area contributed by atoms with E-state index in [1.165, 1.54) is 12.1 Å². The Kier molecular flexibility index (Phi) is 6.86. The zero-order valence-corrected chi connectivity index (χ0v) is 20.7. The van der Waals surface area contributed by atoms with E-state index in [-0.39, 0.29) is 35.4 Å². The van der Waals surface area contributed by atoms with Gasteiger partial charge in [0.05, 0.1) is 12.2 Å². The first-order valence-corrected chi connectivity index (χ1v) is 12.3. The van der Waals surface area contributed by atoms with Gasteiger partial charge in [0.15, 0.2) is 23.1 Å². The van der Waals surface area contributed by atoms with Crippen LogP contribution < -0.4 is 14.8 Å². The van der Waals surface area contributed by atoms with Crippen molar-refractivity contribution in [2.45, 2.75) is 32.7 Å². The zero-order chi connectivity index (χ0) is 25.9. The van der Waals surface area contributed by atoms with Gasteiger partial charge in [-0.3, -0.25) is 9.59 Å². The molecule has 6 nitrogen and oxygen atoms in total. The lowest BCUT2D eigenvalue weighted by Gasteiger charge is -2.16. The van der Waals surface area contributed by atoms with Gasteiger partial charge in [0.25, 0.3) is 0 Å². The lowest BCUT2D eigenvalue weighted by Crippen LogP contribution is -2.25. The number of nitrogens with one attached hydrogen (secondary N) is 1. The quantitative estimate of drug-likeness (QED) is 0.424. The van der Waals surface area contributed by atoms with Gasteiger partial charge in [-0.25, -0.2) is 9.37 Å². The Labute approximate surface area is 214 Å². The van der Waals surface area contributed by atoms with Crippen molar-refractivity contribution in [1.29, 1.82) is 0 Å². The molecule has 1 aliphatic carbocycles. The van der Waals surface area contributed by atoms with Gasteiger partial charge in [-0.05, 0) is 48.7 Å². The molecule has 0 amide bonds. The van der Waals surface area contributed by atoms with Crippen LogP contribution in [0.15, 0.2) is 78.5 Å². The average molecular weight is 499 g/mol. The van der Waals surface area contributed by atoms with Crippen LogP contribution in [-0.4, -0.2) is 29.2 Å². The minimum Gasteiger partial charge on any atom is -0.486 e. The maximum Gasteiger partial charge on any atom is 0.204 e. The van der Waals surface area contributed by atoms with Crippen LogP contribution in [0.4, 0.5) is 10.2 Å². The van der Waals surface area contributed by atoms with Crippen LogP contribution in [-0.2, 0) is 16.0 Å². The summed E-state index contributed by atoms with van der Waals surface area (Å²) in [5, 5.41) is 3.37. The number of pyridine rings is 1. The molecule has 2 atom stereocenters. The van der Waals surface area contributed by atoms with Gasteiger partial charge >= 0.3 is 0 Å². The summed E-state index contributed by atoms with van der Waals surface area (Å²) in [6.45, 7) is 4.76. The molecule has 1 aliphatic heterocycles. The van der Waals surface area contributed by atoms with Gasteiger partial charge in [-0.15, -0.1) is 0 Å². The molecule has 2 heterocycles. The summed E-state index contributed by atoms with van der Waals surface area (Å²) in [5.41, 5.74) is 1.95. The second kappa shape index (κ2) is 10.4. The third kappa shape index (κ3) is 5.31. The van der Waals surface area contributed by atoms with Crippen molar-refractivity contribution in [3.8, 4) is 17.2 Å². The number of fused-ring (bicyclic) bond motifs is 1. The Morgan fingerprint density at radius 2 is 1.84 bits per heavy atom. The first-order valence-electron chi connectivity index (χ1n) is 12.3. The van der Waals surface area contributed by atoms with E-state index in [9.17, 15) is 14.0 Å². The van der Waals surface area contributed by atoms with Gasteiger partial charge in [-0.2, -0.15) is 0 Å². The third-order valence-electron chi connectivity index (χ3n) is 6.68. The summed E-state index contributed by atoms with van der Waals surface area (Å²) in [4.78, 5) is 30.4. The van der Waals surface area contributed by atoms with Gasteiger partial charge in [-0.1, -0.05) is 43.3 Å². The topological polar surface area (TPSA) is 77.5 Å². The van der Waals surface area contributed by atoms with Crippen LogP contribution in [0.5, 0.6) is 17.2 Å². The highest BCUT2D eigenvalue weighted by Gasteiger charge is 2.26. The Balaban J connectivity index is 1.25. The van der Waals surface area contributed by atoms with E-state index in [4.69, 9.17) is 9.47 Å². The second-order valence-corrected chi connectivity index (χ2v) is 9.36. The normalized spacial score (nSPS) is 18.9. The van der Waals surface area contributed by atoms with Crippen LogP contribution in [0, 0.1) is 11.7 Å². The van der Waals surface area contributed by atoms with Crippen molar-refractivity contribution < 1.29 is 23.5 Å². The van der Waals surface area contributed by atoms with Crippen molar-refractivity contribution in [3.63, 3.8) is 0 Å². The fraction of sp³-hybridized carbons (Fsp3) is 0.233. The van der Waals surface area contributed by atoms with Gasteiger partial charge in [0.2, 0.25) is 5.75 Å². The van der Waals surface area contributed by atoms with Crippen LogP contribution in [0.25, 0.3) is 5.57 Å². The summed E-state index contributed by atoms with van der Waals surface area (Å²) >= 11 is 0. The standard InChI is InChI=1S/C30H27FN2O4/c1-18-17-36-29-27(14-15-32-30(29)33-19(18)2)37-23-12-6-20(7-13-23)16-26(34)25-5-3-4-24(28(25)35)21-8-10-22(31)11-9-21/h4-15,18-19H,3,16-17H2,1-2H3,(H,32,33). The van der Waals surface area contributed by atoms with Crippen LogP contribution >= 0.6 is 0 Å². The Bertz CT molecular complexity index is 1390. The molecule has 2 unspecified atom stereocenters. The summed E-state index contributed by atoms with van der Waals surface area (Å²) in [6.07, 6.45) is 5.64. The van der Waals surface area contributed by atoms with E-state index in [0.29, 0.717) is 53.1 Å². The lowest BCUT2D eigenvalue weighted by atomic mass is 9.88. The number of hydrogen-bond acceptors (Lipinski definition) is 6. The lowest BCUT2D eigenvalue weighted by molar-refractivity contribution is -0.118. The molecule has 5 rings (SSSR count). The number of ketones is 2. The highest BCUT2D eigenvalue weighted by Crippen LogP contribution is 2.39. The van der Waals surface area contributed by atoms with Crippen LogP contribution in [0.1, 0.15) is 31.4 Å². The summed E-state index contributed by atoms with van der Waals surface area (Å²) in [7, 11) is 0. The highest BCUT2D eigenvalue weighted by atomic mass is 19.1. The van der Waals surface area contributed by atoms with E-state index in [1.807, 2.05) is 0 Å². The molecule has 1 aromatic heterocycles. The number of benzene rings is 2. The monoisotopic (exact) mass is 498 g/mol. The number of nitrogens with zero attached hydrogens (tertiary/aromatic N) is 1. The molecule has 0 saturated carbocycles. The van der Waals surface area contributed by atoms with Gasteiger partial charge in [0, 0.05) is 36.2 Å². The molecule has 0 bridgehead atoms. The van der Waals surface area contributed by atoms with Crippen molar-refractivity contribution in [2.75, 3.05) is 11.9 Å². The van der Waals surface area contributed by atoms with Crippen LogP contribution in [0.2, 0.25) is 0 Å². The van der Waals surface area contributed by atoms with Crippen molar-refractivity contribution in [1.82, 2.24) is 4.98 Å². The maximum absolute atomic E-state index is 13.3. The minimum atomic E-state index is -0.375. The zero-order valence-electron chi connectivity index (χ0n) is 20.7. The summed E-state index contributed by atoms with van der Waals surface area (Å²) < 4.78 is 25.3. The number of allylic oxidation sites excluding steroid dienone is 4. The molecule has 2 aromatic carbocycles. The fourth-order valence-electron chi connectivity index (χ4n) is 4.30. The Morgan fingerprint density at radius 3 is 2.59 bits per heavy atom. The number of hydrogen-bond donors (Lipinski definition) is 1. The molecule has 0 radical (unpaired) electrons. The van der Waals surface area contributed by atoms with Crippen LogP contribution in [0.3, 0.4) is 0 Å². The number of carbonyl (C=O) groups excluding carboxylic acids is 2. The van der Waals surface area contributed by atoms with Gasteiger partial charge in [0.1, 0.15) is 11.6 Å². The molecule has 7 heteroatoms. The van der Waals surface area contributed by atoms with Crippen molar-refractivity contribution in [2.24, 2.45) is 5.92 Å². The number of halogens is 1. The molecule has 188 valence electrons. The molecule has 0 spiro atoms. The van der Waals surface area contributed by atoms with E-state index >= 15 is 0 Å². The smallest absolute Gasteiger partial charge is 0.204 e. The number of rotatable bonds is 6. The van der Waals surface area contributed by atoms with E-state index < -0.39 is 0 Å². The van der Waals surface area contributed by atoms with E-state index in [2.05, 4.69) is 24.1 Å². The molecular formula is C30H27FN2O4. The Hall–Kier alpha value is -4.26. The first-order chi connectivity index (χ1) is 17.9. The number of ether oxygens (including phenoxy) is 2. The Morgan fingerprint density at radius 1 is 1.08 bits per heavy atom.